The quantitative estimate of drug-likeness (QED) is 0.728. The van der Waals surface area contributed by atoms with Crippen molar-refractivity contribution < 1.29 is 22.3 Å². The number of hydrogen-bond donors (Lipinski definition) is 2. The van der Waals surface area contributed by atoms with Gasteiger partial charge in [-0.1, -0.05) is 0 Å². The van der Waals surface area contributed by atoms with Gasteiger partial charge in [-0.15, -0.1) is 0 Å². The molecule has 0 unspecified atom stereocenters. The lowest BCUT2D eigenvalue weighted by Gasteiger charge is -2.32. The summed E-state index contributed by atoms with van der Waals surface area (Å²) in [5, 5.41) is 2.75. The molecule has 2 aromatic rings. The molecule has 1 aliphatic heterocycles. The Kier molecular flexibility index (Phi) is 6.94. The van der Waals surface area contributed by atoms with E-state index in [0.717, 1.165) is 0 Å². The first-order valence-electron chi connectivity index (χ1n) is 9.74. The van der Waals surface area contributed by atoms with E-state index < -0.39 is 10.0 Å². The molecule has 1 fully saturated rings. The average molecular weight is 436 g/mol. The summed E-state index contributed by atoms with van der Waals surface area (Å²) in [6, 6.07) is 10.2. The number of anilines is 1. The number of rotatable bonds is 6. The van der Waals surface area contributed by atoms with E-state index >= 15 is 0 Å². The number of likely N-dealkylation sites (tertiary alicyclic amines) is 1. The Balaban J connectivity index is 1.49. The van der Waals surface area contributed by atoms with Gasteiger partial charge in [0.25, 0.3) is 0 Å². The summed E-state index contributed by atoms with van der Waals surface area (Å²) in [5.74, 6) is 0.395. The molecule has 9 heteroatoms. The second kappa shape index (κ2) is 9.44. The van der Waals surface area contributed by atoms with Crippen molar-refractivity contribution in [1.29, 1.82) is 0 Å². The number of ether oxygens (including phenoxy) is 1. The number of methoxy groups -OCH3 is 1. The molecule has 0 aromatic heterocycles. The fourth-order valence-electron chi connectivity index (χ4n) is 3.43. The maximum Gasteiger partial charge on any atom is 0.321 e. The lowest BCUT2D eigenvalue weighted by Crippen LogP contribution is -2.43. The number of sulfonamides is 1. The van der Waals surface area contributed by atoms with Gasteiger partial charge in [0.1, 0.15) is 11.6 Å². The van der Waals surface area contributed by atoms with Crippen LogP contribution >= 0.6 is 0 Å². The van der Waals surface area contributed by atoms with Crippen molar-refractivity contribution in [1.82, 2.24) is 9.62 Å². The topological polar surface area (TPSA) is 87.7 Å². The number of amides is 2. The molecule has 0 saturated carbocycles. The summed E-state index contributed by atoms with van der Waals surface area (Å²) in [6.45, 7) is 3.11. The van der Waals surface area contributed by atoms with Gasteiger partial charge in [0.15, 0.2) is 0 Å². The number of benzene rings is 2. The summed E-state index contributed by atoms with van der Waals surface area (Å²) in [7, 11) is -2.08. The molecule has 162 valence electrons. The predicted octanol–water partition coefficient (Wildman–Crippen LogP) is 3.37. The van der Waals surface area contributed by atoms with E-state index in [1.54, 1.807) is 30.0 Å². The molecule has 30 heavy (non-hydrogen) atoms. The lowest BCUT2D eigenvalue weighted by atomic mass is 9.97. The van der Waals surface area contributed by atoms with Crippen LogP contribution in [0.3, 0.4) is 0 Å². The summed E-state index contributed by atoms with van der Waals surface area (Å²) in [4.78, 5) is 14.3. The Morgan fingerprint density at radius 3 is 2.43 bits per heavy atom. The molecular formula is C21H26FN3O4S. The smallest absolute Gasteiger partial charge is 0.321 e. The van der Waals surface area contributed by atoms with Crippen LogP contribution in [0, 0.1) is 18.7 Å². The minimum Gasteiger partial charge on any atom is -0.497 e. The van der Waals surface area contributed by atoms with Crippen LogP contribution in [0.2, 0.25) is 0 Å². The summed E-state index contributed by atoms with van der Waals surface area (Å²) < 4.78 is 46.1. The second-order valence-electron chi connectivity index (χ2n) is 7.35. The van der Waals surface area contributed by atoms with Crippen molar-refractivity contribution in [3.8, 4) is 5.75 Å². The zero-order valence-electron chi connectivity index (χ0n) is 17.0. The molecule has 0 spiro atoms. The van der Waals surface area contributed by atoms with Crippen molar-refractivity contribution in [2.75, 3.05) is 32.1 Å². The van der Waals surface area contributed by atoms with Crippen LogP contribution in [0.4, 0.5) is 14.9 Å². The van der Waals surface area contributed by atoms with Crippen LogP contribution in [0.15, 0.2) is 47.4 Å². The molecule has 0 atom stereocenters. The van der Waals surface area contributed by atoms with Crippen LogP contribution in [-0.4, -0.2) is 46.1 Å². The van der Waals surface area contributed by atoms with E-state index in [1.807, 2.05) is 0 Å². The highest BCUT2D eigenvalue weighted by atomic mass is 32.2. The highest BCUT2D eigenvalue weighted by Gasteiger charge is 2.25. The van der Waals surface area contributed by atoms with Crippen molar-refractivity contribution in [3.05, 3.63) is 53.8 Å². The lowest BCUT2D eigenvalue weighted by molar-refractivity contribution is 0.183. The van der Waals surface area contributed by atoms with Crippen LogP contribution in [0.5, 0.6) is 5.75 Å². The van der Waals surface area contributed by atoms with Crippen molar-refractivity contribution >= 4 is 21.7 Å². The first-order valence-corrected chi connectivity index (χ1v) is 11.2. The van der Waals surface area contributed by atoms with E-state index in [0.29, 0.717) is 49.5 Å². The highest BCUT2D eigenvalue weighted by Crippen LogP contribution is 2.22. The van der Waals surface area contributed by atoms with E-state index in [-0.39, 0.29) is 22.7 Å². The molecule has 1 heterocycles. The molecule has 2 aromatic carbocycles. The SMILES string of the molecule is COc1ccc(S(=O)(=O)NCC2CCN(C(=O)Nc3ccc(F)cc3)CC2)c(C)c1. The van der Waals surface area contributed by atoms with Crippen LogP contribution in [-0.2, 0) is 10.0 Å². The van der Waals surface area contributed by atoms with Gasteiger partial charge in [0.05, 0.1) is 12.0 Å². The first kappa shape index (κ1) is 22.0. The van der Waals surface area contributed by atoms with E-state index in [4.69, 9.17) is 4.74 Å². The Labute approximate surface area is 176 Å². The Morgan fingerprint density at radius 2 is 1.83 bits per heavy atom. The van der Waals surface area contributed by atoms with Crippen LogP contribution in [0.25, 0.3) is 0 Å². The number of nitrogens with zero attached hydrogens (tertiary/aromatic N) is 1. The maximum atomic E-state index is 13.0. The third-order valence-electron chi connectivity index (χ3n) is 5.23. The second-order valence-corrected chi connectivity index (χ2v) is 9.09. The van der Waals surface area contributed by atoms with Gasteiger partial charge >= 0.3 is 6.03 Å². The minimum atomic E-state index is -3.62. The fourth-order valence-corrected chi connectivity index (χ4v) is 4.77. The number of aryl methyl sites for hydroxylation is 1. The first-order chi connectivity index (χ1) is 14.3. The minimum absolute atomic E-state index is 0.146. The predicted molar refractivity (Wildman–Crippen MR) is 113 cm³/mol. The van der Waals surface area contributed by atoms with E-state index in [1.165, 1.54) is 31.4 Å². The molecule has 0 aliphatic carbocycles. The summed E-state index contributed by atoms with van der Waals surface area (Å²) in [6.07, 6.45) is 1.39. The van der Waals surface area contributed by atoms with E-state index in [2.05, 4.69) is 10.0 Å². The highest BCUT2D eigenvalue weighted by molar-refractivity contribution is 7.89. The van der Waals surface area contributed by atoms with Crippen molar-refractivity contribution in [2.45, 2.75) is 24.7 Å². The van der Waals surface area contributed by atoms with Gasteiger partial charge in [-0.25, -0.2) is 22.3 Å². The standard InChI is InChI=1S/C21H26FN3O4S/c1-15-13-19(29-2)7-8-20(15)30(27,28)23-14-16-9-11-25(12-10-16)21(26)24-18-5-3-17(22)4-6-18/h3-8,13,16,23H,9-12,14H2,1-2H3,(H,24,26). The zero-order valence-corrected chi connectivity index (χ0v) is 17.8. The van der Waals surface area contributed by atoms with Crippen molar-refractivity contribution in [2.24, 2.45) is 5.92 Å². The van der Waals surface area contributed by atoms with Crippen LogP contribution < -0.4 is 14.8 Å². The number of carbonyl (C=O) groups is 1. The van der Waals surface area contributed by atoms with Crippen LogP contribution in [0.1, 0.15) is 18.4 Å². The Bertz CT molecular complexity index is 988. The van der Waals surface area contributed by atoms with Gasteiger partial charge in [-0.3, -0.25) is 0 Å². The van der Waals surface area contributed by atoms with Crippen molar-refractivity contribution in [3.63, 3.8) is 0 Å². The molecule has 0 bridgehead atoms. The third kappa shape index (κ3) is 5.48. The Hall–Kier alpha value is -2.65. The number of urea groups is 1. The normalized spacial score (nSPS) is 15.1. The van der Waals surface area contributed by atoms with Gasteiger partial charge in [-0.05, 0) is 73.7 Å². The molecule has 2 amide bonds. The van der Waals surface area contributed by atoms with E-state index in [9.17, 15) is 17.6 Å². The number of hydrogen-bond acceptors (Lipinski definition) is 4. The van der Waals surface area contributed by atoms with Gasteiger partial charge in [-0.2, -0.15) is 0 Å². The number of piperidine rings is 1. The molecule has 1 saturated heterocycles. The molecule has 2 N–H and O–H groups in total. The Morgan fingerprint density at radius 1 is 1.17 bits per heavy atom. The van der Waals surface area contributed by atoms with Gasteiger partial charge in [0, 0.05) is 25.3 Å². The number of halogens is 1. The molecule has 0 radical (unpaired) electrons. The largest absolute Gasteiger partial charge is 0.497 e. The number of nitrogens with one attached hydrogen (secondary N) is 2. The summed E-state index contributed by atoms with van der Waals surface area (Å²) in [5.41, 5.74) is 1.15. The molecule has 7 nitrogen and oxygen atoms in total. The maximum absolute atomic E-state index is 13.0. The molecular weight excluding hydrogens is 409 g/mol. The fraction of sp³-hybridized carbons (Fsp3) is 0.381. The average Bonchev–Trinajstić information content (AvgIpc) is 2.74. The zero-order chi connectivity index (χ0) is 21.7. The number of carbonyl (C=O) groups excluding carboxylic acids is 1. The van der Waals surface area contributed by atoms with Gasteiger partial charge < -0.3 is 15.0 Å². The monoisotopic (exact) mass is 435 g/mol. The summed E-state index contributed by atoms with van der Waals surface area (Å²) >= 11 is 0. The third-order valence-corrected chi connectivity index (χ3v) is 6.81. The molecule has 1 aliphatic rings. The molecule has 3 rings (SSSR count). The van der Waals surface area contributed by atoms with Gasteiger partial charge in [0.2, 0.25) is 10.0 Å².